The van der Waals surface area contributed by atoms with E-state index in [9.17, 15) is 14.9 Å². The fourth-order valence-corrected chi connectivity index (χ4v) is 3.67. The number of carboxylic acid groups (broad SMARTS) is 1. The third kappa shape index (κ3) is 6.57. The zero-order chi connectivity index (χ0) is 26.2. The van der Waals surface area contributed by atoms with Gasteiger partial charge in [0.1, 0.15) is 18.2 Å². The third-order valence-corrected chi connectivity index (χ3v) is 5.80. The van der Waals surface area contributed by atoms with Crippen LogP contribution < -0.4 is 14.8 Å². The Morgan fingerprint density at radius 2 is 1.81 bits per heavy atom. The van der Waals surface area contributed by atoms with Crippen LogP contribution in [0, 0.1) is 18.3 Å². The van der Waals surface area contributed by atoms with Gasteiger partial charge in [-0.3, -0.25) is 4.79 Å². The number of hydrogen-bond donors (Lipinski definition) is 2. The summed E-state index contributed by atoms with van der Waals surface area (Å²) >= 11 is 12.6. The number of rotatable bonds is 9. The van der Waals surface area contributed by atoms with Crippen molar-refractivity contribution < 1.29 is 24.2 Å². The highest BCUT2D eigenvalue weighted by atomic mass is 35.5. The zero-order valence-corrected chi connectivity index (χ0v) is 21.0. The summed E-state index contributed by atoms with van der Waals surface area (Å²) in [4.78, 5) is 23.8. The van der Waals surface area contributed by atoms with Crippen LogP contribution in [0.2, 0.25) is 10.0 Å². The van der Waals surface area contributed by atoms with E-state index in [1.165, 1.54) is 18.2 Å². The van der Waals surface area contributed by atoms with E-state index in [2.05, 4.69) is 5.32 Å². The quantitative estimate of drug-likeness (QED) is 0.243. The van der Waals surface area contributed by atoms with Crippen molar-refractivity contribution in [2.24, 2.45) is 0 Å². The van der Waals surface area contributed by atoms with E-state index in [1.807, 2.05) is 6.07 Å². The number of ether oxygens (including phenoxy) is 2. The molecule has 0 aliphatic carbocycles. The maximum absolute atomic E-state index is 12.7. The molecule has 3 aromatic rings. The number of nitrogens with zero attached hydrogens (tertiary/aromatic N) is 1. The first-order valence-electron chi connectivity index (χ1n) is 10.8. The highest BCUT2D eigenvalue weighted by Gasteiger charge is 2.16. The fourth-order valence-electron chi connectivity index (χ4n) is 3.22. The molecule has 0 saturated heterocycles. The molecule has 3 aromatic carbocycles. The van der Waals surface area contributed by atoms with Gasteiger partial charge < -0.3 is 19.9 Å². The third-order valence-electron chi connectivity index (χ3n) is 5.11. The van der Waals surface area contributed by atoms with E-state index < -0.39 is 11.9 Å². The van der Waals surface area contributed by atoms with Crippen LogP contribution in [-0.4, -0.2) is 23.6 Å². The van der Waals surface area contributed by atoms with Crippen molar-refractivity contribution in [3.05, 3.63) is 92.5 Å². The second kappa shape index (κ2) is 12.1. The van der Waals surface area contributed by atoms with Crippen molar-refractivity contribution in [2.45, 2.75) is 20.5 Å². The van der Waals surface area contributed by atoms with Gasteiger partial charge in [-0.25, -0.2) is 4.79 Å². The van der Waals surface area contributed by atoms with Crippen molar-refractivity contribution in [1.82, 2.24) is 0 Å². The van der Waals surface area contributed by atoms with Gasteiger partial charge in [0, 0.05) is 10.7 Å². The lowest BCUT2D eigenvalue weighted by molar-refractivity contribution is -0.112. The average molecular weight is 525 g/mol. The number of aromatic carboxylic acids is 1. The van der Waals surface area contributed by atoms with Crippen molar-refractivity contribution in [2.75, 3.05) is 11.9 Å². The summed E-state index contributed by atoms with van der Waals surface area (Å²) in [6.45, 7) is 4.01. The van der Waals surface area contributed by atoms with E-state index >= 15 is 0 Å². The number of carboxylic acids is 1. The summed E-state index contributed by atoms with van der Waals surface area (Å²) in [5, 5.41) is 22.0. The molecule has 9 heteroatoms. The van der Waals surface area contributed by atoms with Crippen LogP contribution in [0.5, 0.6) is 11.5 Å². The lowest BCUT2D eigenvalue weighted by Crippen LogP contribution is -2.14. The first kappa shape index (κ1) is 26.6. The molecule has 0 atom stereocenters. The van der Waals surface area contributed by atoms with Crippen LogP contribution in [0.25, 0.3) is 6.08 Å². The maximum Gasteiger partial charge on any atom is 0.335 e. The molecule has 0 aromatic heterocycles. The van der Waals surface area contributed by atoms with Crippen LogP contribution in [0.1, 0.15) is 34.0 Å². The zero-order valence-electron chi connectivity index (χ0n) is 19.5. The van der Waals surface area contributed by atoms with Crippen LogP contribution in [-0.2, 0) is 11.4 Å². The number of nitrogens with one attached hydrogen (secondary N) is 1. The van der Waals surface area contributed by atoms with Crippen LogP contribution >= 0.6 is 23.2 Å². The summed E-state index contributed by atoms with van der Waals surface area (Å²) in [7, 11) is 0. The minimum absolute atomic E-state index is 0.125. The minimum Gasteiger partial charge on any atom is -0.490 e. The average Bonchev–Trinajstić information content (AvgIpc) is 2.85. The van der Waals surface area contributed by atoms with E-state index in [1.54, 1.807) is 56.3 Å². The first-order valence-corrected chi connectivity index (χ1v) is 11.6. The van der Waals surface area contributed by atoms with Gasteiger partial charge in [-0.2, -0.15) is 5.26 Å². The summed E-state index contributed by atoms with van der Waals surface area (Å²) in [5.74, 6) is -0.986. The molecule has 0 fully saturated rings. The Kier molecular flexibility index (Phi) is 8.96. The van der Waals surface area contributed by atoms with Gasteiger partial charge >= 0.3 is 5.97 Å². The van der Waals surface area contributed by atoms with Crippen molar-refractivity contribution in [1.29, 1.82) is 5.26 Å². The Morgan fingerprint density at radius 3 is 2.44 bits per heavy atom. The standard InChI is InChI=1S/C27H22Cl2N2O5/c1-3-35-24-13-18(11-20(14-30)26(32)31-23-6-4-5-21(28)16(23)2)12-22(29)25(24)36-15-17-7-9-19(10-8-17)27(33)34/h4-13H,3,15H2,1-2H3,(H,31,32)(H,33,34)/b20-11+. The number of carbonyl (C=O) groups is 2. The van der Waals surface area contributed by atoms with Gasteiger partial charge in [-0.15, -0.1) is 0 Å². The number of carbonyl (C=O) groups excluding carboxylic acids is 1. The minimum atomic E-state index is -1.01. The predicted molar refractivity (Wildman–Crippen MR) is 139 cm³/mol. The normalized spacial score (nSPS) is 10.9. The Bertz CT molecular complexity index is 1360. The number of anilines is 1. The molecule has 2 N–H and O–H groups in total. The summed E-state index contributed by atoms with van der Waals surface area (Å²) < 4.78 is 11.5. The van der Waals surface area contributed by atoms with Crippen LogP contribution in [0.3, 0.4) is 0 Å². The monoisotopic (exact) mass is 524 g/mol. The number of benzene rings is 3. The smallest absolute Gasteiger partial charge is 0.335 e. The summed E-state index contributed by atoms with van der Waals surface area (Å²) in [6.07, 6.45) is 1.40. The van der Waals surface area contributed by atoms with Gasteiger partial charge in [-0.05, 0) is 73.0 Å². The predicted octanol–water partition coefficient (Wildman–Crippen LogP) is 6.52. The molecule has 0 unspecified atom stereocenters. The molecular weight excluding hydrogens is 503 g/mol. The first-order chi connectivity index (χ1) is 17.2. The molecule has 184 valence electrons. The van der Waals surface area contributed by atoms with E-state index in [0.29, 0.717) is 34.2 Å². The molecule has 1 amide bonds. The molecule has 0 bridgehead atoms. The summed E-state index contributed by atoms with van der Waals surface area (Å²) in [5.41, 5.74) is 2.43. The topological polar surface area (TPSA) is 109 Å². The van der Waals surface area contributed by atoms with E-state index in [4.69, 9.17) is 37.8 Å². The highest BCUT2D eigenvalue weighted by molar-refractivity contribution is 6.32. The molecule has 3 rings (SSSR count). The Hall–Kier alpha value is -3.99. The largest absolute Gasteiger partial charge is 0.490 e. The maximum atomic E-state index is 12.7. The van der Waals surface area contributed by atoms with E-state index in [-0.39, 0.29) is 28.5 Å². The van der Waals surface area contributed by atoms with Crippen molar-refractivity contribution >= 4 is 46.8 Å². The van der Waals surface area contributed by atoms with Crippen molar-refractivity contribution in [3.63, 3.8) is 0 Å². The van der Waals surface area contributed by atoms with E-state index in [0.717, 1.165) is 5.56 Å². The van der Waals surface area contributed by atoms with Crippen molar-refractivity contribution in [3.8, 4) is 17.6 Å². The molecule has 0 aliphatic rings. The number of nitriles is 1. The molecule has 0 radical (unpaired) electrons. The Morgan fingerprint density at radius 1 is 1.08 bits per heavy atom. The molecule has 7 nitrogen and oxygen atoms in total. The SMILES string of the molecule is CCOc1cc(/C=C(\C#N)C(=O)Nc2cccc(Cl)c2C)cc(Cl)c1OCc1ccc(C(=O)O)cc1. The highest BCUT2D eigenvalue weighted by Crippen LogP contribution is 2.38. The lowest BCUT2D eigenvalue weighted by atomic mass is 10.1. The number of hydrogen-bond acceptors (Lipinski definition) is 5. The summed E-state index contributed by atoms with van der Waals surface area (Å²) in [6, 6.07) is 16.5. The number of amides is 1. The van der Waals surface area contributed by atoms with Crippen LogP contribution in [0.4, 0.5) is 5.69 Å². The lowest BCUT2D eigenvalue weighted by Gasteiger charge is -2.15. The molecular formula is C27H22Cl2N2O5. The van der Waals surface area contributed by atoms with Crippen LogP contribution in [0.15, 0.2) is 60.2 Å². The fraction of sp³-hybridized carbons (Fsp3) is 0.148. The van der Waals surface area contributed by atoms with Gasteiger partial charge in [0.25, 0.3) is 5.91 Å². The van der Waals surface area contributed by atoms with Gasteiger partial charge in [0.05, 0.1) is 17.2 Å². The Labute approximate surface area is 218 Å². The molecule has 0 heterocycles. The second-order valence-corrected chi connectivity index (χ2v) is 8.40. The number of halogens is 2. The molecule has 0 saturated carbocycles. The molecule has 0 aliphatic heterocycles. The molecule has 0 spiro atoms. The Balaban J connectivity index is 1.84. The second-order valence-electron chi connectivity index (χ2n) is 7.59. The van der Waals surface area contributed by atoms with Gasteiger partial charge in [0.2, 0.25) is 0 Å². The molecule has 36 heavy (non-hydrogen) atoms. The van der Waals surface area contributed by atoms with Gasteiger partial charge in [0.15, 0.2) is 11.5 Å². The van der Waals surface area contributed by atoms with Gasteiger partial charge in [-0.1, -0.05) is 41.4 Å².